The first kappa shape index (κ1) is 27.1. The van der Waals surface area contributed by atoms with E-state index in [9.17, 15) is 14.4 Å². The first-order valence-electron chi connectivity index (χ1n) is 13.7. The predicted octanol–water partition coefficient (Wildman–Crippen LogP) is 4.51. The number of carbonyl (C=O) groups excluding carboxylic acids is 3. The molecule has 3 aromatic carbocycles. The Balaban J connectivity index is 1.18. The Bertz CT molecular complexity index is 1510. The maximum atomic E-state index is 13.1. The molecule has 0 bridgehead atoms. The van der Waals surface area contributed by atoms with Crippen LogP contribution >= 0.6 is 0 Å². The molecule has 1 aliphatic heterocycles. The van der Waals surface area contributed by atoms with Gasteiger partial charge < -0.3 is 20.5 Å². The number of anilines is 1. The molecule has 40 heavy (non-hydrogen) atoms. The number of hydrogen-bond donors (Lipinski definition) is 3. The van der Waals surface area contributed by atoms with Crippen molar-refractivity contribution in [2.75, 3.05) is 25.5 Å². The Kier molecular flexibility index (Phi) is 8.26. The highest BCUT2D eigenvalue weighted by atomic mass is 16.2. The van der Waals surface area contributed by atoms with E-state index in [-0.39, 0.29) is 17.8 Å². The Labute approximate surface area is 234 Å². The molecule has 0 radical (unpaired) electrons. The van der Waals surface area contributed by atoms with Crippen molar-refractivity contribution in [2.45, 2.75) is 38.8 Å². The molecule has 4 aromatic rings. The number of amides is 4. The van der Waals surface area contributed by atoms with E-state index in [2.05, 4.69) is 70.2 Å². The fourth-order valence-electron chi connectivity index (χ4n) is 5.26. The number of aromatic amines is 1. The van der Waals surface area contributed by atoms with Gasteiger partial charge in [-0.3, -0.25) is 14.5 Å². The van der Waals surface area contributed by atoms with E-state index < -0.39 is 6.04 Å². The van der Waals surface area contributed by atoms with Crippen LogP contribution in [0.15, 0.2) is 79.0 Å². The van der Waals surface area contributed by atoms with E-state index in [0.29, 0.717) is 25.1 Å². The van der Waals surface area contributed by atoms with Gasteiger partial charge in [0.25, 0.3) is 5.91 Å². The second-order valence-electron chi connectivity index (χ2n) is 10.5. The highest BCUT2D eigenvalue weighted by Crippen LogP contribution is 2.22. The van der Waals surface area contributed by atoms with Crippen LogP contribution in [-0.2, 0) is 35.4 Å². The number of nitrogens with one attached hydrogen (secondary N) is 3. The summed E-state index contributed by atoms with van der Waals surface area (Å²) in [5.41, 5.74) is 6.26. The van der Waals surface area contributed by atoms with Crippen molar-refractivity contribution in [2.24, 2.45) is 0 Å². The van der Waals surface area contributed by atoms with Crippen molar-refractivity contribution in [3.05, 3.63) is 101 Å². The fourth-order valence-corrected chi connectivity index (χ4v) is 5.26. The Morgan fingerprint density at radius 3 is 2.55 bits per heavy atom. The summed E-state index contributed by atoms with van der Waals surface area (Å²) >= 11 is 0. The molecular formula is C32H35N5O3. The van der Waals surface area contributed by atoms with Gasteiger partial charge in [-0.05, 0) is 66.4 Å². The number of carbonyl (C=O) groups is 3. The minimum absolute atomic E-state index is 0.158. The van der Waals surface area contributed by atoms with Crippen molar-refractivity contribution in [1.82, 2.24) is 20.1 Å². The summed E-state index contributed by atoms with van der Waals surface area (Å²) in [6.45, 7) is 3.61. The molecule has 0 saturated carbocycles. The van der Waals surface area contributed by atoms with E-state index in [1.165, 1.54) is 28.3 Å². The number of likely N-dealkylation sites (N-methyl/N-ethyl adjacent to an activating group) is 1. The summed E-state index contributed by atoms with van der Waals surface area (Å²) in [6, 6.07) is 23.1. The Hall–Kier alpha value is -4.43. The summed E-state index contributed by atoms with van der Waals surface area (Å²) in [7, 11) is 2.14. The van der Waals surface area contributed by atoms with E-state index >= 15 is 0 Å². The van der Waals surface area contributed by atoms with Gasteiger partial charge in [-0.25, -0.2) is 4.79 Å². The van der Waals surface area contributed by atoms with Crippen molar-refractivity contribution in [1.29, 1.82) is 0 Å². The third kappa shape index (κ3) is 6.58. The summed E-state index contributed by atoms with van der Waals surface area (Å²) in [5, 5.41) is 6.75. The van der Waals surface area contributed by atoms with Gasteiger partial charge in [-0.15, -0.1) is 0 Å². The number of aromatic nitrogens is 1. The largest absolute Gasteiger partial charge is 0.361 e. The van der Waals surface area contributed by atoms with Gasteiger partial charge in [0.05, 0.1) is 0 Å². The zero-order valence-electron chi connectivity index (χ0n) is 22.9. The van der Waals surface area contributed by atoms with Gasteiger partial charge in [0, 0.05) is 55.8 Å². The minimum atomic E-state index is -0.619. The smallest absolute Gasteiger partial charge is 0.324 e. The maximum Gasteiger partial charge on any atom is 0.324 e. The van der Waals surface area contributed by atoms with Gasteiger partial charge in [-0.2, -0.15) is 0 Å². The number of hydrogen-bond acceptors (Lipinski definition) is 4. The minimum Gasteiger partial charge on any atom is -0.361 e. The second kappa shape index (κ2) is 12.2. The molecule has 4 amide bonds. The topological polar surface area (TPSA) is 97.5 Å². The first-order valence-corrected chi connectivity index (χ1v) is 13.7. The van der Waals surface area contributed by atoms with Crippen molar-refractivity contribution < 1.29 is 14.4 Å². The summed E-state index contributed by atoms with van der Waals surface area (Å²) in [5.74, 6) is -0.381. The van der Waals surface area contributed by atoms with Crippen LogP contribution in [0.5, 0.6) is 0 Å². The Morgan fingerprint density at radius 2 is 1.75 bits per heavy atom. The van der Waals surface area contributed by atoms with Gasteiger partial charge in [0.15, 0.2) is 0 Å². The zero-order chi connectivity index (χ0) is 28.1. The number of benzene rings is 3. The third-order valence-corrected chi connectivity index (χ3v) is 7.31. The molecule has 0 aliphatic carbocycles. The molecule has 1 fully saturated rings. The van der Waals surface area contributed by atoms with Crippen molar-refractivity contribution in [3.8, 4) is 0 Å². The molecule has 1 aromatic heterocycles. The highest BCUT2D eigenvalue weighted by Gasteiger charge is 2.37. The monoisotopic (exact) mass is 537 g/mol. The quantitative estimate of drug-likeness (QED) is 0.245. The summed E-state index contributed by atoms with van der Waals surface area (Å²) < 4.78 is 0. The second-order valence-corrected chi connectivity index (χ2v) is 10.5. The van der Waals surface area contributed by atoms with Gasteiger partial charge >= 0.3 is 6.03 Å². The number of nitrogens with zero attached hydrogens (tertiary/aromatic N) is 2. The lowest BCUT2D eigenvalue weighted by Crippen LogP contribution is -2.33. The van der Waals surface area contributed by atoms with Crippen LogP contribution in [-0.4, -0.2) is 58.8 Å². The number of rotatable bonds is 11. The summed E-state index contributed by atoms with van der Waals surface area (Å²) in [6.07, 6.45) is 3.95. The molecule has 0 spiro atoms. The van der Waals surface area contributed by atoms with E-state index in [1.807, 2.05) is 30.3 Å². The average Bonchev–Trinajstić information content (AvgIpc) is 3.45. The molecule has 8 nitrogen and oxygen atoms in total. The number of fused-ring (bicyclic) bond motifs is 1. The maximum absolute atomic E-state index is 13.1. The molecule has 5 rings (SSSR count). The molecule has 8 heteroatoms. The molecule has 1 aliphatic rings. The lowest BCUT2D eigenvalue weighted by atomic mass is 10.0. The van der Waals surface area contributed by atoms with E-state index in [0.717, 1.165) is 36.2 Å². The van der Waals surface area contributed by atoms with Crippen LogP contribution in [0, 0.1) is 0 Å². The molecule has 206 valence electrons. The van der Waals surface area contributed by atoms with Crippen LogP contribution in [0.2, 0.25) is 0 Å². The lowest BCUT2D eigenvalue weighted by molar-refractivity contribution is -0.127. The fraction of sp³-hybridized carbons (Fsp3) is 0.281. The first-order chi connectivity index (χ1) is 19.4. The van der Waals surface area contributed by atoms with Gasteiger partial charge in [-0.1, -0.05) is 48.5 Å². The SMILES string of the molecule is CC(=O)Nc1cccc(CC2NC(=O)N(CCc3ccc4[nH]cc(CCN(C)Cc5ccccc5)c4c3)C2=O)c1. The predicted molar refractivity (Wildman–Crippen MR) is 157 cm³/mol. The van der Waals surface area contributed by atoms with Crippen LogP contribution in [0.3, 0.4) is 0 Å². The highest BCUT2D eigenvalue weighted by molar-refractivity contribution is 6.04. The summed E-state index contributed by atoms with van der Waals surface area (Å²) in [4.78, 5) is 44.1. The van der Waals surface area contributed by atoms with Crippen molar-refractivity contribution in [3.63, 3.8) is 0 Å². The van der Waals surface area contributed by atoms with E-state index in [1.54, 1.807) is 6.07 Å². The average molecular weight is 538 g/mol. The van der Waals surface area contributed by atoms with Crippen LogP contribution in [0.4, 0.5) is 10.5 Å². The normalized spacial score (nSPS) is 15.2. The van der Waals surface area contributed by atoms with E-state index in [4.69, 9.17) is 0 Å². The Morgan fingerprint density at radius 1 is 0.950 bits per heavy atom. The van der Waals surface area contributed by atoms with Crippen molar-refractivity contribution >= 4 is 34.4 Å². The molecule has 2 heterocycles. The number of imide groups is 1. The number of urea groups is 1. The molecule has 3 N–H and O–H groups in total. The molecule has 1 saturated heterocycles. The third-order valence-electron chi connectivity index (χ3n) is 7.31. The van der Waals surface area contributed by atoms with Gasteiger partial charge in [0.1, 0.15) is 6.04 Å². The molecule has 1 unspecified atom stereocenters. The van der Waals surface area contributed by atoms with Crippen LogP contribution < -0.4 is 10.6 Å². The molecular weight excluding hydrogens is 502 g/mol. The lowest BCUT2D eigenvalue weighted by Gasteiger charge is -2.16. The number of H-pyrrole nitrogens is 1. The van der Waals surface area contributed by atoms with Crippen LogP contribution in [0.25, 0.3) is 10.9 Å². The zero-order valence-corrected chi connectivity index (χ0v) is 22.9. The van der Waals surface area contributed by atoms with Gasteiger partial charge in [0.2, 0.25) is 5.91 Å². The molecule has 1 atom stereocenters. The standard InChI is InChI=1S/C32H35N5O3/c1-22(38)34-27-10-6-9-25(17-27)19-30-31(39)37(32(40)35-30)16-13-23-11-12-29-28(18-23)26(20-33-29)14-15-36(2)21-24-7-4-3-5-8-24/h3-12,17-18,20,30,33H,13-16,19,21H2,1-2H3,(H,34,38)(H,35,40). The van der Waals surface area contributed by atoms with Crippen LogP contribution in [0.1, 0.15) is 29.2 Å².